The van der Waals surface area contributed by atoms with Crippen molar-refractivity contribution in [3.8, 4) is 0 Å². The molecule has 2 rings (SSSR count). The average Bonchev–Trinajstić information content (AvgIpc) is 3.15. The first-order valence-corrected chi connectivity index (χ1v) is 12.2. The minimum Gasteiger partial charge on any atom is -0.394 e. The molecule has 9 heteroatoms. The number of hydrogen-bond acceptors (Lipinski definition) is 4. The number of amides is 2. The van der Waals surface area contributed by atoms with Gasteiger partial charge in [-0.15, -0.1) is 0 Å². The monoisotopic (exact) mass is 500 g/mol. The van der Waals surface area contributed by atoms with Gasteiger partial charge in [-0.3, -0.25) is 14.6 Å². The first kappa shape index (κ1) is 31.5. The fourth-order valence-electron chi connectivity index (χ4n) is 3.09. The zero-order valence-corrected chi connectivity index (χ0v) is 21.7. The number of nitrogens with zero attached hydrogens (tertiary/aromatic N) is 1. The van der Waals surface area contributed by atoms with Gasteiger partial charge in [0, 0.05) is 42.9 Å². The summed E-state index contributed by atoms with van der Waals surface area (Å²) in [6.07, 6.45) is 4.45. The van der Waals surface area contributed by atoms with Crippen LogP contribution in [0.2, 0.25) is 5.02 Å². The summed E-state index contributed by atoms with van der Waals surface area (Å²) in [5, 5.41) is 5.57. The Hall–Kier alpha value is -2.48. The number of halogens is 3. The lowest BCUT2D eigenvalue weighted by molar-refractivity contribution is -0.139. The third kappa shape index (κ3) is 11.1. The molecule has 1 fully saturated rings. The summed E-state index contributed by atoms with van der Waals surface area (Å²) in [6, 6.07) is 7.37. The van der Waals surface area contributed by atoms with Crippen molar-refractivity contribution in [3.63, 3.8) is 0 Å². The van der Waals surface area contributed by atoms with Crippen molar-refractivity contribution in [2.24, 2.45) is 10.7 Å². The number of unbranched alkanes of at least 4 members (excludes halogenated alkanes) is 2. The highest BCUT2D eigenvalue weighted by Crippen LogP contribution is 2.21. The van der Waals surface area contributed by atoms with Gasteiger partial charge >= 0.3 is 5.92 Å². The fourth-order valence-corrected chi connectivity index (χ4v) is 3.21. The molecule has 0 unspecified atom stereocenters. The highest BCUT2D eigenvalue weighted by atomic mass is 35.5. The molecule has 4 N–H and O–H groups in total. The zero-order chi connectivity index (χ0) is 26.1. The van der Waals surface area contributed by atoms with Gasteiger partial charge in [0.2, 0.25) is 0 Å². The van der Waals surface area contributed by atoms with Crippen molar-refractivity contribution in [1.29, 1.82) is 0 Å². The Balaban J connectivity index is 0.000000904. The zero-order valence-electron chi connectivity index (χ0n) is 20.9. The number of nitrogens with one attached hydrogen (secondary N) is 2. The first-order valence-electron chi connectivity index (χ1n) is 11.8. The number of alkyl halides is 2. The number of benzene rings is 1. The number of nitrogens with two attached hydrogens (primary N) is 1. The quantitative estimate of drug-likeness (QED) is 0.240. The molecular weight excluding hydrogens is 462 g/mol. The van der Waals surface area contributed by atoms with Crippen molar-refractivity contribution in [2.75, 3.05) is 13.6 Å². The van der Waals surface area contributed by atoms with Crippen molar-refractivity contribution < 1.29 is 18.4 Å². The SMILES string of the molecule is CC.CCCCC/C(C(CC)=NC)=C(/N)C(=O)NCc1ccc(Cl)cc1.O=C1NCCC1(F)F. The molecule has 6 nitrogen and oxygen atoms in total. The second-order valence-corrected chi connectivity index (χ2v) is 7.83. The van der Waals surface area contributed by atoms with E-state index in [0.717, 1.165) is 49.0 Å². The van der Waals surface area contributed by atoms with Gasteiger partial charge in [-0.2, -0.15) is 8.78 Å². The second-order valence-electron chi connectivity index (χ2n) is 7.39. The van der Waals surface area contributed by atoms with E-state index < -0.39 is 11.8 Å². The van der Waals surface area contributed by atoms with Gasteiger partial charge in [-0.1, -0.05) is 64.3 Å². The van der Waals surface area contributed by atoms with Crippen LogP contribution in [0.4, 0.5) is 8.78 Å². The second kappa shape index (κ2) is 17.0. The van der Waals surface area contributed by atoms with E-state index in [1.807, 2.05) is 38.2 Å². The average molecular weight is 501 g/mol. The van der Waals surface area contributed by atoms with Gasteiger partial charge < -0.3 is 16.4 Å². The standard InChI is InChI=1S/C19H28ClN3O.C4H5F2NO.C2H6/c1-4-6-7-8-16(17(5-2)22-3)18(21)19(24)23-13-14-9-11-15(20)12-10-14;5-4(6)1-2-7-3(4)8;1-2/h9-12H,4-8,13,21H2,1-3H3,(H,23,24);1-2H2,(H,7,8);1-2H3/b18-16-,22-17?;;. The molecule has 1 aromatic rings. The fraction of sp³-hybridized carbons (Fsp3) is 0.560. The lowest BCUT2D eigenvalue weighted by atomic mass is 9.98. The van der Waals surface area contributed by atoms with Crippen LogP contribution in [-0.2, 0) is 16.1 Å². The first-order chi connectivity index (χ1) is 16.2. The van der Waals surface area contributed by atoms with Crippen LogP contribution in [0.5, 0.6) is 0 Å². The Kier molecular flexibility index (Phi) is 15.8. The molecule has 0 aliphatic carbocycles. The Morgan fingerprint density at radius 2 is 1.82 bits per heavy atom. The van der Waals surface area contributed by atoms with Gasteiger partial charge in [0.15, 0.2) is 0 Å². The molecule has 192 valence electrons. The summed E-state index contributed by atoms with van der Waals surface area (Å²) in [5.74, 6) is -4.48. The van der Waals surface area contributed by atoms with Crippen LogP contribution < -0.4 is 16.4 Å². The maximum Gasteiger partial charge on any atom is 0.326 e. The largest absolute Gasteiger partial charge is 0.394 e. The predicted molar refractivity (Wildman–Crippen MR) is 136 cm³/mol. The van der Waals surface area contributed by atoms with E-state index in [1.165, 1.54) is 0 Å². The summed E-state index contributed by atoms with van der Waals surface area (Å²) >= 11 is 5.87. The lowest BCUT2D eigenvalue weighted by Crippen LogP contribution is -2.30. The van der Waals surface area contributed by atoms with Gasteiger partial charge in [-0.05, 0) is 37.0 Å². The topological polar surface area (TPSA) is 96.6 Å². The van der Waals surface area contributed by atoms with Crippen LogP contribution in [0.15, 0.2) is 40.5 Å². The number of rotatable bonds is 9. The highest BCUT2D eigenvalue weighted by molar-refractivity contribution is 6.30. The maximum absolute atomic E-state index is 12.4. The van der Waals surface area contributed by atoms with E-state index in [9.17, 15) is 18.4 Å². The normalized spacial score (nSPS) is 15.2. The van der Waals surface area contributed by atoms with Crippen molar-refractivity contribution >= 4 is 29.1 Å². The van der Waals surface area contributed by atoms with E-state index >= 15 is 0 Å². The summed E-state index contributed by atoms with van der Waals surface area (Å²) in [5.41, 5.74) is 9.19. The molecule has 1 aliphatic rings. The maximum atomic E-state index is 12.4. The third-order valence-electron chi connectivity index (χ3n) is 4.98. The van der Waals surface area contributed by atoms with E-state index in [1.54, 1.807) is 19.2 Å². The summed E-state index contributed by atoms with van der Waals surface area (Å²) < 4.78 is 23.9. The van der Waals surface area contributed by atoms with Crippen molar-refractivity contribution in [3.05, 3.63) is 46.1 Å². The minimum absolute atomic E-state index is 0.103. The van der Waals surface area contributed by atoms with E-state index in [2.05, 4.69) is 17.2 Å². The highest BCUT2D eigenvalue weighted by Gasteiger charge is 2.42. The van der Waals surface area contributed by atoms with Crippen molar-refractivity contribution in [2.45, 2.75) is 78.7 Å². The Morgan fingerprint density at radius 3 is 2.24 bits per heavy atom. The molecule has 34 heavy (non-hydrogen) atoms. The third-order valence-corrected chi connectivity index (χ3v) is 5.23. The number of carbonyl (C=O) groups excluding carboxylic acids is 2. The molecule has 0 atom stereocenters. The van der Waals surface area contributed by atoms with Crippen LogP contribution in [0.3, 0.4) is 0 Å². The van der Waals surface area contributed by atoms with E-state index in [4.69, 9.17) is 17.3 Å². The summed E-state index contributed by atoms with van der Waals surface area (Å²) in [7, 11) is 1.75. The van der Waals surface area contributed by atoms with Gasteiger partial charge in [0.25, 0.3) is 11.8 Å². The van der Waals surface area contributed by atoms with Crippen LogP contribution >= 0.6 is 11.6 Å². The number of hydrogen-bond donors (Lipinski definition) is 3. The summed E-state index contributed by atoms with van der Waals surface area (Å²) in [4.78, 5) is 26.8. The molecule has 1 aromatic carbocycles. The van der Waals surface area contributed by atoms with E-state index in [0.29, 0.717) is 11.6 Å². The lowest BCUT2D eigenvalue weighted by Gasteiger charge is -2.14. The van der Waals surface area contributed by atoms with Crippen LogP contribution in [0, 0.1) is 0 Å². The number of allylic oxidation sites excluding steroid dienone is 1. The van der Waals surface area contributed by atoms with Crippen LogP contribution in [0.25, 0.3) is 0 Å². The molecular formula is C25H39ClF2N4O2. The Bertz CT molecular complexity index is 825. The van der Waals surface area contributed by atoms with E-state index in [-0.39, 0.29) is 24.6 Å². The molecule has 0 saturated carbocycles. The molecule has 1 saturated heterocycles. The molecule has 1 aliphatic heterocycles. The number of carbonyl (C=O) groups is 2. The minimum atomic E-state index is -3.10. The van der Waals surface area contributed by atoms with Crippen LogP contribution in [0.1, 0.15) is 71.8 Å². The van der Waals surface area contributed by atoms with Gasteiger partial charge in [0.1, 0.15) is 5.70 Å². The molecule has 0 radical (unpaired) electrons. The van der Waals surface area contributed by atoms with Gasteiger partial charge in [0.05, 0.1) is 0 Å². The number of aliphatic imine (C=N–C) groups is 1. The molecule has 2 amide bonds. The predicted octanol–water partition coefficient (Wildman–Crippen LogP) is 5.40. The van der Waals surface area contributed by atoms with Crippen molar-refractivity contribution in [1.82, 2.24) is 10.6 Å². The smallest absolute Gasteiger partial charge is 0.326 e. The Labute approximate surface area is 207 Å². The molecule has 0 bridgehead atoms. The molecule has 0 aromatic heterocycles. The summed E-state index contributed by atoms with van der Waals surface area (Å²) in [6.45, 7) is 8.71. The van der Waals surface area contributed by atoms with Crippen LogP contribution in [-0.4, -0.2) is 37.0 Å². The molecule has 0 spiro atoms. The van der Waals surface area contributed by atoms with Gasteiger partial charge in [-0.25, -0.2) is 0 Å². The Morgan fingerprint density at radius 1 is 1.21 bits per heavy atom. The molecule has 1 heterocycles.